The van der Waals surface area contributed by atoms with Gasteiger partial charge < -0.3 is 29.0 Å². The molecule has 1 amide bonds. The number of halogens is 1. The highest BCUT2D eigenvalue weighted by atomic mass is 35.5. The van der Waals surface area contributed by atoms with Crippen LogP contribution in [0.3, 0.4) is 0 Å². The van der Waals surface area contributed by atoms with Gasteiger partial charge in [0.2, 0.25) is 5.91 Å². The number of nitrogens with one attached hydrogen (secondary N) is 1. The van der Waals surface area contributed by atoms with Gasteiger partial charge in [0, 0.05) is 34.2 Å². The highest BCUT2D eigenvalue weighted by Gasteiger charge is 2.22. The minimum atomic E-state index is -0.652. The molecule has 1 aliphatic rings. The Morgan fingerprint density at radius 1 is 1.13 bits per heavy atom. The Hall–Kier alpha value is -2.97. The first-order chi connectivity index (χ1) is 14.8. The number of rotatable bonds is 7. The van der Waals surface area contributed by atoms with Crippen LogP contribution in [0.1, 0.15) is 35.3 Å². The Morgan fingerprint density at radius 2 is 1.84 bits per heavy atom. The first kappa shape index (κ1) is 22.7. The maximum absolute atomic E-state index is 12.9. The van der Waals surface area contributed by atoms with Crippen molar-refractivity contribution in [1.82, 2.24) is 0 Å². The van der Waals surface area contributed by atoms with E-state index in [9.17, 15) is 9.59 Å². The van der Waals surface area contributed by atoms with Gasteiger partial charge in [0.1, 0.15) is 12.4 Å². The molecule has 166 valence electrons. The Balaban J connectivity index is 1.88. The number of amides is 1. The number of carbonyl (C=O) groups is 2. The zero-order valence-corrected chi connectivity index (χ0v) is 18.5. The zero-order chi connectivity index (χ0) is 22.5. The van der Waals surface area contributed by atoms with Crippen molar-refractivity contribution in [3.05, 3.63) is 46.0 Å². The molecule has 1 heterocycles. The molecule has 0 spiro atoms. The number of anilines is 1. The molecule has 0 unspecified atom stereocenters. The molecular formula is C22H24ClNO7. The van der Waals surface area contributed by atoms with Crippen molar-refractivity contribution >= 4 is 29.2 Å². The minimum Gasteiger partial charge on any atom is -0.493 e. The van der Waals surface area contributed by atoms with E-state index in [0.717, 1.165) is 5.56 Å². The number of methoxy groups -OCH3 is 2. The Bertz CT molecular complexity index is 990. The summed E-state index contributed by atoms with van der Waals surface area (Å²) in [6.07, 6.45) is 0. The summed E-state index contributed by atoms with van der Waals surface area (Å²) in [4.78, 5) is 25.2. The minimum absolute atomic E-state index is 0.0758. The molecule has 0 atom stereocenters. The highest BCUT2D eigenvalue weighted by Crippen LogP contribution is 2.35. The second kappa shape index (κ2) is 9.89. The predicted molar refractivity (Wildman–Crippen MR) is 114 cm³/mol. The first-order valence-corrected chi connectivity index (χ1v) is 9.97. The van der Waals surface area contributed by atoms with E-state index in [1.54, 1.807) is 26.0 Å². The lowest BCUT2D eigenvalue weighted by molar-refractivity contribution is -0.118. The van der Waals surface area contributed by atoms with E-state index < -0.39 is 5.97 Å². The van der Waals surface area contributed by atoms with Crippen molar-refractivity contribution in [1.29, 1.82) is 0 Å². The summed E-state index contributed by atoms with van der Waals surface area (Å²) in [5.41, 5.74) is 1.79. The van der Waals surface area contributed by atoms with Crippen molar-refractivity contribution in [2.24, 2.45) is 5.92 Å². The monoisotopic (exact) mass is 449 g/mol. The largest absolute Gasteiger partial charge is 0.493 e. The second-order valence-corrected chi connectivity index (χ2v) is 7.57. The van der Waals surface area contributed by atoms with Gasteiger partial charge >= 0.3 is 5.97 Å². The molecular weight excluding hydrogens is 426 g/mol. The molecule has 0 saturated heterocycles. The van der Waals surface area contributed by atoms with Crippen molar-refractivity contribution in [3.8, 4) is 17.2 Å². The first-order valence-electron chi connectivity index (χ1n) is 9.59. The van der Waals surface area contributed by atoms with Crippen molar-refractivity contribution in [2.75, 3.05) is 26.3 Å². The highest BCUT2D eigenvalue weighted by molar-refractivity contribution is 6.30. The van der Waals surface area contributed by atoms with Gasteiger partial charge in [-0.05, 0) is 12.1 Å². The van der Waals surface area contributed by atoms with Crippen LogP contribution in [-0.4, -0.2) is 32.9 Å². The smallest absolute Gasteiger partial charge is 0.340 e. The van der Waals surface area contributed by atoms with Crippen LogP contribution in [0.4, 0.5) is 5.69 Å². The fraction of sp³-hybridized carbons (Fsp3) is 0.364. The molecule has 0 radical (unpaired) electrons. The fourth-order valence-electron chi connectivity index (χ4n) is 3.01. The van der Waals surface area contributed by atoms with Gasteiger partial charge in [-0.3, -0.25) is 4.79 Å². The summed E-state index contributed by atoms with van der Waals surface area (Å²) < 4.78 is 26.9. The van der Waals surface area contributed by atoms with Crippen LogP contribution in [-0.2, 0) is 27.5 Å². The molecule has 0 fully saturated rings. The summed E-state index contributed by atoms with van der Waals surface area (Å²) in [5, 5.41) is 3.22. The number of benzene rings is 2. The van der Waals surface area contributed by atoms with Gasteiger partial charge in [0.15, 0.2) is 18.3 Å². The molecule has 1 N–H and O–H groups in total. The summed E-state index contributed by atoms with van der Waals surface area (Å²) >= 11 is 6.17. The van der Waals surface area contributed by atoms with E-state index >= 15 is 0 Å². The predicted octanol–water partition coefficient (Wildman–Crippen LogP) is 4.18. The Morgan fingerprint density at radius 3 is 2.52 bits per heavy atom. The number of ether oxygens (including phenoxy) is 5. The third-order valence-corrected chi connectivity index (χ3v) is 4.85. The van der Waals surface area contributed by atoms with Crippen LogP contribution in [0.15, 0.2) is 24.3 Å². The SMILES string of the molecule is COc1cc(NC(=O)C(C)C)c(C(=O)OCc2cc(Cl)cc3c2OCOC3)cc1OC. The van der Waals surface area contributed by atoms with Gasteiger partial charge in [0.25, 0.3) is 0 Å². The molecule has 2 aromatic rings. The van der Waals surface area contributed by atoms with Crippen LogP contribution in [0.5, 0.6) is 17.2 Å². The van der Waals surface area contributed by atoms with E-state index in [0.29, 0.717) is 34.4 Å². The van der Waals surface area contributed by atoms with Gasteiger partial charge in [-0.2, -0.15) is 0 Å². The number of carbonyl (C=O) groups excluding carboxylic acids is 2. The summed E-state index contributed by atoms with van der Waals surface area (Å²) in [6.45, 7) is 3.89. The maximum atomic E-state index is 12.9. The second-order valence-electron chi connectivity index (χ2n) is 7.14. The number of hydrogen-bond acceptors (Lipinski definition) is 7. The van der Waals surface area contributed by atoms with Crippen LogP contribution in [0, 0.1) is 5.92 Å². The molecule has 0 bridgehead atoms. The van der Waals surface area contributed by atoms with E-state index in [2.05, 4.69) is 5.32 Å². The fourth-order valence-corrected chi connectivity index (χ4v) is 3.28. The van der Waals surface area contributed by atoms with Crippen LogP contribution >= 0.6 is 11.6 Å². The molecule has 9 heteroatoms. The van der Waals surface area contributed by atoms with Gasteiger partial charge in [-0.25, -0.2) is 4.79 Å². The van der Waals surface area contributed by atoms with E-state index in [1.165, 1.54) is 26.4 Å². The molecule has 8 nitrogen and oxygen atoms in total. The topological polar surface area (TPSA) is 92.3 Å². The quantitative estimate of drug-likeness (QED) is 0.634. The third kappa shape index (κ3) is 5.21. The zero-order valence-electron chi connectivity index (χ0n) is 17.7. The van der Waals surface area contributed by atoms with Crippen LogP contribution in [0.25, 0.3) is 0 Å². The van der Waals surface area contributed by atoms with E-state index in [-0.39, 0.29) is 36.5 Å². The molecule has 0 saturated carbocycles. The molecule has 3 rings (SSSR count). The average Bonchev–Trinajstić information content (AvgIpc) is 2.76. The molecule has 2 aromatic carbocycles. The van der Waals surface area contributed by atoms with E-state index in [1.807, 2.05) is 0 Å². The summed E-state index contributed by atoms with van der Waals surface area (Å²) in [6, 6.07) is 6.41. The van der Waals surface area contributed by atoms with E-state index in [4.69, 9.17) is 35.3 Å². The van der Waals surface area contributed by atoms with Crippen molar-refractivity contribution in [2.45, 2.75) is 27.1 Å². The number of esters is 1. The van der Waals surface area contributed by atoms with Crippen molar-refractivity contribution in [3.63, 3.8) is 0 Å². The number of fused-ring (bicyclic) bond motifs is 1. The Labute approximate surface area is 185 Å². The van der Waals surface area contributed by atoms with Crippen LogP contribution < -0.4 is 19.5 Å². The maximum Gasteiger partial charge on any atom is 0.340 e. The molecule has 1 aliphatic heterocycles. The van der Waals surface area contributed by atoms with Gasteiger partial charge in [-0.1, -0.05) is 25.4 Å². The third-order valence-electron chi connectivity index (χ3n) is 4.64. The molecule has 0 aliphatic carbocycles. The lowest BCUT2D eigenvalue weighted by atomic mass is 10.1. The average molecular weight is 450 g/mol. The summed E-state index contributed by atoms with van der Waals surface area (Å²) in [7, 11) is 2.92. The molecule has 0 aromatic heterocycles. The van der Waals surface area contributed by atoms with Gasteiger partial charge in [0.05, 0.1) is 32.1 Å². The van der Waals surface area contributed by atoms with Crippen molar-refractivity contribution < 1.29 is 33.3 Å². The molecule has 31 heavy (non-hydrogen) atoms. The summed E-state index contributed by atoms with van der Waals surface area (Å²) in [5.74, 6) is 0.103. The van der Waals surface area contributed by atoms with Crippen LogP contribution in [0.2, 0.25) is 5.02 Å². The standard InChI is InChI=1S/C22H24ClNO7/c1-12(2)21(25)24-17-8-19(28-4)18(27-3)7-16(17)22(26)30-10-14-6-15(23)5-13-9-29-11-31-20(13)14/h5-8,12H,9-11H2,1-4H3,(H,24,25). The normalized spacial score (nSPS) is 12.6. The van der Waals surface area contributed by atoms with Gasteiger partial charge in [-0.15, -0.1) is 0 Å². The lowest BCUT2D eigenvalue weighted by Crippen LogP contribution is -2.20. The lowest BCUT2D eigenvalue weighted by Gasteiger charge is -2.21. The number of hydrogen-bond donors (Lipinski definition) is 1. The Kier molecular flexibility index (Phi) is 7.25.